The number of halogens is 3. The van der Waals surface area contributed by atoms with Crippen molar-refractivity contribution in [1.82, 2.24) is 10.2 Å². The van der Waals surface area contributed by atoms with E-state index < -0.39 is 17.8 Å². The molecule has 0 radical (unpaired) electrons. The van der Waals surface area contributed by atoms with Gasteiger partial charge in [-0.1, -0.05) is 6.07 Å². The first-order valence-electron chi connectivity index (χ1n) is 13.5. The van der Waals surface area contributed by atoms with Gasteiger partial charge in [0.25, 0.3) is 0 Å². The third kappa shape index (κ3) is 5.68. The first-order chi connectivity index (χ1) is 18.7. The molecule has 0 bridgehead atoms. The highest BCUT2D eigenvalue weighted by Gasteiger charge is 2.53. The number of fused-ring (bicyclic) bond motifs is 1. The average Bonchev–Trinajstić information content (AvgIpc) is 3.33. The summed E-state index contributed by atoms with van der Waals surface area (Å²) >= 11 is 0. The number of ether oxygens (including phenoxy) is 3. The van der Waals surface area contributed by atoms with E-state index in [0.717, 1.165) is 70.4 Å². The molecule has 3 fully saturated rings. The van der Waals surface area contributed by atoms with Crippen LogP contribution in [0.5, 0.6) is 11.5 Å². The van der Waals surface area contributed by atoms with Gasteiger partial charge < -0.3 is 24.8 Å². The number of carbonyl (C=O) groups is 1. The van der Waals surface area contributed by atoms with Gasteiger partial charge in [0.1, 0.15) is 0 Å². The number of urea groups is 1. The minimum Gasteiger partial charge on any atom is -0.493 e. The molecular weight excluding hydrogens is 511 g/mol. The molecule has 0 spiro atoms. The molecule has 1 saturated carbocycles. The van der Waals surface area contributed by atoms with Gasteiger partial charge in [0.05, 0.1) is 19.8 Å². The zero-order chi connectivity index (χ0) is 27.6. The Morgan fingerprint density at radius 2 is 1.72 bits per heavy atom. The number of nitrogens with zero attached hydrogens (tertiary/aromatic N) is 1. The Kier molecular flexibility index (Phi) is 7.96. The van der Waals surface area contributed by atoms with Crippen LogP contribution in [0.25, 0.3) is 0 Å². The molecule has 0 aromatic heterocycles. The number of methoxy groups -OCH3 is 2. The normalized spacial score (nSPS) is 26.1. The van der Waals surface area contributed by atoms with E-state index in [4.69, 9.17) is 14.2 Å². The number of hydrogen-bond donors (Lipinski definition) is 2. The van der Waals surface area contributed by atoms with E-state index in [-0.39, 0.29) is 17.5 Å². The molecule has 7 nitrogen and oxygen atoms in total. The summed E-state index contributed by atoms with van der Waals surface area (Å²) in [5.74, 6) is 1.41. The molecule has 2 amide bonds. The Morgan fingerprint density at radius 1 is 1.00 bits per heavy atom. The van der Waals surface area contributed by atoms with Crippen molar-refractivity contribution < 1.29 is 32.2 Å². The van der Waals surface area contributed by atoms with E-state index in [9.17, 15) is 18.0 Å². The van der Waals surface area contributed by atoms with Gasteiger partial charge in [0, 0.05) is 42.4 Å². The highest BCUT2D eigenvalue weighted by Crippen LogP contribution is 2.51. The number of likely N-dealkylation sites (tertiary alicyclic amines) is 1. The number of anilines is 1. The van der Waals surface area contributed by atoms with Crippen LogP contribution in [0, 0.1) is 0 Å². The van der Waals surface area contributed by atoms with Gasteiger partial charge in [0.2, 0.25) is 0 Å². The Bertz CT molecular complexity index is 1150. The molecule has 2 aromatic rings. The van der Waals surface area contributed by atoms with Gasteiger partial charge in [-0.25, -0.2) is 4.79 Å². The number of hydrogen-bond acceptors (Lipinski definition) is 5. The van der Waals surface area contributed by atoms with Gasteiger partial charge in [-0.05, 0) is 87.0 Å². The van der Waals surface area contributed by atoms with Crippen molar-refractivity contribution in [2.45, 2.75) is 68.2 Å². The molecule has 0 unspecified atom stereocenters. The maximum absolute atomic E-state index is 12.9. The monoisotopic (exact) mass is 547 g/mol. The number of amides is 2. The molecule has 2 N–H and O–H groups in total. The summed E-state index contributed by atoms with van der Waals surface area (Å²) in [5, 5.41) is 5.78. The quantitative estimate of drug-likeness (QED) is 0.494. The van der Waals surface area contributed by atoms with Crippen LogP contribution >= 0.6 is 0 Å². The lowest BCUT2D eigenvalue weighted by Crippen LogP contribution is -2.55. The van der Waals surface area contributed by atoms with Crippen molar-refractivity contribution >= 4 is 11.7 Å². The standard InChI is InChI=1S/C29H36F3N3O4/c1-37-24-8-5-20(17-25(24)38-2)28-12-9-22(18-26(28)35(14-13-28)23-10-15-39-16-11-23)34-27(36)33-21-6-3-19(4-7-21)29(30,31)32/h3-8,17,22-23,26H,9-16,18H2,1-2H3,(H2,33,34,36)/t22-,26+,28+/m1/s1. The first-order valence-corrected chi connectivity index (χ1v) is 13.5. The minimum atomic E-state index is -4.42. The third-order valence-electron chi connectivity index (χ3n) is 8.72. The fourth-order valence-corrected chi connectivity index (χ4v) is 6.75. The molecule has 2 heterocycles. The molecule has 3 atom stereocenters. The number of benzene rings is 2. The van der Waals surface area contributed by atoms with Gasteiger partial charge >= 0.3 is 12.2 Å². The van der Waals surface area contributed by atoms with E-state index in [0.29, 0.717) is 23.2 Å². The van der Waals surface area contributed by atoms with E-state index in [1.54, 1.807) is 14.2 Å². The molecule has 3 aliphatic rings. The maximum atomic E-state index is 12.9. The molecule has 1 aliphatic carbocycles. The van der Waals surface area contributed by atoms with Crippen LogP contribution in [0.15, 0.2) is 42.5 Å². The number of rotatable bonds is 6. The summed E-state index contributed by atoms with van der Waals surface area (Å²) in [4.78, 5) is 15.5. The summed E-state index contributed by atoms with van der Waals surface area (Å²) in [5.41, 5.74) is 0.731. The van der Waals surface area contributed by atoms with E-state index in [1.807, 2.05) is 6.07 Å². The van der Waals surface area contributed by atoms with Crippen molar-refractivity contribution in [3.8, 4) is 11.5 Å². The highest BCUT2D eigenvalue weighted by atomic mass is 19.4. The van der Waals surface area contributed by atoms with Crippen molar-refractivity contribution in [2.24, 2.45) is 0 Å². The first kappa shape index (κ1) is 27.6. The highest BCUT2D eigenvalue weighted by molar-refractivity contribution is 5.89. The molecule has 10 heteroatoms. The smallest absolute Gasteiger partial charge is 0.416 e. The predicted octanol–water partition coefficient (Wildman–Crippen LogP) is 5.59. The summed E-state index contributed by atoms with van der Waals surface area (Å²) in [7, 11) is 3.28. The summed E-state index contributed by atoms with van der Waals surface area (Å²) in [6, 6.07) is 10.9. The number of nitrogens with one attached hydrogen (secondary N) is 2. The molecule has 2 aliphatic heterocycles. The molecule has 5 rings (SSSR count). The van der Waals surface area contributed by atoms with Crippen molar-refractivity contribution in [1.29, 1.82) is 0 Å². The number of alkyl halides is 3. The van der Waals surface area contributed by atoms with Crippen LogP contribution in [-0.2, 0) is 16.3 Å². The van der Waals surface area contributed by atoms with Crippen LogP contribution in [0.4, 0.5) is 23.7 Å². The van der Waals surface area contributed by atoms with Gasteiger partial charge in [-0.15, -0.1) is 0 Å². The van der Waals surface area contributed by atoms with Crippen LogP contribution in [-0.4, -0.2) is 63.0 Å². The van der Waals surface area contributed by atoms with E-state index >= 15 is 0 Å². The molecule has 2 saturated heterocycles. The zero-order valence-corrected chi connectivity index (χ0v) is 22.4. The summed E-state index contributed by atoms with van der Waals surface area (Å²) < 4.78 is 55.4. The fourth-order valence-electron chi connectivity index (χ4n) is 6.75. The second kappa shape index (κ2) is 11.3. The zero-order valence-electron chi connectivity index (χ0n) is 22.4. The van der Waals surface area contributed by atoms with Crippen LogP contribution in [0.1, 0.15) is 49.7 Å². The molecular formula is C29H36F3N3O4. The lowest BCUT2D eigenvalue weighted by atomic mass is 9.65. The van der Waals surface area contributed by atoms with Crippen LogP contribution in [0.3, 0.4) is 0 Å². The topological polar surface area (TPSA) is 72.1 Å². The van der Waals surface area contributed by atoms with Crippen LogP contribution in [0.2, 0.25) is 0 Å². The van der Waals surface area contributed by atoms with Crippen LogP contribution < -0.4 is 20.1 Å². The Morgan fingerprint density at radius 3 is 2.38 bits per heavy atom. The lowest BCUT2D eigenvalue weighted by Gasteiger charge is -2.47. The molecule has 212 valence electrons. The molecule has 39 heavy (non-hydrogen) atoms. The lowest BCUT2D eigenvalue weighted by molar-refractivity contribution is -0.137. The average molecular weight is 548 g/mol. The third-order valence-corrected chi connectivity index (χ3v) is 8.72. The predicted molar refractivity (Wildman–Crippen MR) is 141 cm³/mol. The Hall–Kier alpha value is -2.98. The van der Waals surface area contributed by atoms with Gasteiger partial charge in [0.15, 0.2) is 11.5 Å². The van der Waals surface area contributed by atoms with Crippen molar-refractivity contribution in [2.75, 3.05) is 39.3 Å². The van der Waals surface area contributed by atoms with Crippen molar-refractivity contribution in [3.63, 3.8) is 0 Å². The fraction of sp³-hybridized carbons (Fsp3) is 0.552. The number of carbonyl (C=O) groups excluding carboxylic acids is 1. The van der Waals surface area contributed by atoms with E-state index in [1.165, 1.54) is 17.7 Å². The SMILES string of the molecule is COc1ccc([C@@]23CC[C@@H](NC(=O)Nc4ccc(C(F)(F)F)cc4)C[C@@H]2N(C2CCOCC2)CC3)cc1OC. The van der Waals surface area contributed by atoms with E-state index in [2.05, 4.69) is 27.7 Å². The molecule has 2 aromatic carbocycles. The second-order valence-electron chi connectivity index (χ2n) is 10.7. The largest absolute Gasteiger partial charge is 0.493 e. The Balaban J connectivity index is 1.33. The maximum Gasteiger partial charge on any atom is 0.416 e. The summed E-state index contributed by atoms with van der Waals surface area (Å²) in [6.07, 6.45) is 1.07. The Labute approximate surface area is 227 Å². The minimum absolute atomic E-state index is 0.0573. The van der Waals surface area contributed by atoms with Crippen molar-refractivity contribution in [3.05, 3.63) is 53.6 Å². The van der Waals surface area contributed by atoms with Gasteiger partial charge in [-0.3, -0.25) is 4.90 Å². The second-order valence-corrected chi connectivity index (χ2v) is 10.7. The van der Waals surface area contributed by atoms with Gasteiger partial charge in [-0.2, -0.15) is 13.2 Å². The summed E-state index contributed by atoms with van der Waals surface area (Å²) in [6.45, 7) is 2.50.